The van der Waals surface area contributed by atoms with Gasteiger partial charge in [0.05, 0.1) is 16.8 Å². The summed E-state index contributed by atoms with van der Waals surface area (Å²) < 4.78 is 1.91. The second-order valence-electron chi connectivity index (χ2n) is 9.09. The molecule has 1 amide bonds. The number of aryl methyl sites for hydroxylation is 2. The van der Waals surface area contributed by atoms with Gasteiger partial charge in [-0.1, -0.05) is 48.0 Å². The predicted octanol–water partition coefficient (Wildman–Crippen LogP) is 4.30. The van der Waals surface area contributed by atoms with E-state index in [1.165, 1.54) is 5.56 Å². The number of amides is 1. The van der Waals surface area contributed by atoms with Gasteiger partial charge in [0, 0.05) is 32.6 Å². The first-order valence-electron chi connectivity index (χ1n) is 12.0. The zero-order chi connectivity index (χ0) is 24.5. The Morgan fingerprint density at radius 1 is 0.971 bits per heavy atom. The van der Waals surface area contributed by atoms with Gasteiger partial charge < -0.3 is 9.80 Å². The van der Waals surface area contributed by atoms with Gasteiger partial charge in [-0.15, -0.1) is 11.6 Å². The molecule has 180 valence electrons. The average Bonchev–Trinajstić information content (AvgIpc) is 3.21. The van der Waals surface area contributed by atoms with Gasteiger partial charge in [-0.25, -0.2) is 14.6 Å². The molecule has 3 heterocycles. The first kappa shape index (κ1) is 23.3. The molecule has 0 N–H and O–H groups in total. The minimum Gasteiger partial charge on any atom is -0.352 e. The molecular weight excluding hydrogens is 460 g/mol. The fourth-order valence-electron chi connectivity index (χ4n) is 4.54. The van der Waals surface area contributed by atoms with E-state index in [0.29, 0.717) is 32.6 Å². The molecule has 1 unspecified atom stereocenters. The molecule has 4 aromatic rings. The van der Waals surface area contributed by atoms with E-state index >= 15 is 0 Å². The average molecular weight is 489 g/mol. The lowest BCUT2D eigenvalue weighted by molar-refractivity contribution is -0.130. The van der Waals surface area contributed by atoms with Gasteiger partial charge in [0.15, 0.2) is 5.65 Å². The number of carbonyl (C=O) groups is 1. The Bertz CT molecular complexity index is 1340. The van der Waals surface area contributed by atoms with Crippen molar-refractivity contribution in [1.29, 1.82) is 0 Å². The Morgan fingerprint density at radius 3 is 2.31 bits per heavy atom. The highest BCUT2D eigenvalue weighted by molar-refractivity contribution is 6.30. The summed E-state index contributed by atoms with van der Waals surface area (Å²) in [5.41, 5.74) is 5.03. The molecule has 0 saturated carbocycles. The van der Waals surface area contributed by atoms with E-state index in [4.69, 9.17) is 26.7 Å². The minimum atomic E-state index is -0.514. The Balaban J connectivity index is 1.57. The predicted molar refractivity (Wildman–Crippen MR) is 139 cm³/mol. The fourth-order valence-corrected chi connectivity index (χ4v) is 4.68. The van der Waals surface area contributed by atoms with Crippen molar-refractivity contribution >= 4 is 34.4 Å². The maximum atomic E-state index is 12.4. The molecule has 2 aromatic heterocycles. The molecule has 1 fully saturated rings. The lowest BCUT2D eigenvalue weighted by Crippen LogP contribution is -2.50. The summed E-state index contributed by atoms with van der Waals surface area (Å²) in [4.78, 5) is 26.5. The van der Waals surface area contributed by atoms with Gasteiger partial charge in [-0.2, -0.15) is 5.10 Å². The van der Waals surface area contributed by atoms with Crippen molar-refractivity contribution in [3.05, 3.63) is 77.2 Å². The third-order valence-corrected chi connectivity index (χ3v) is 6.63. The second kappa shape index (κ2) is 9.66. The van der Waals surface area contributed by atoms with Crippen molar-refractivity contribution in [3.8, 4) is 5.69 Å². The van der Waals surface area contributed by atoms with E-state index in [1.807, 2.05) is 46.8 Å². The van der Waals surface area contributed by atoms with Crippen LogP contribution >= 0.6 is 11.6 Å². The molecule has 2 aromatic carbocycles. The fraction of sp³-hybridized carbons (Fsp3) is 0.333. The first-order chi connectivity index (χ1) is 16.9. The number of halogens is 1. The SMILES string of the molecule is Cc1ccc(Cc2nc(N3CCN(C(=O)C(C)Cl)CC3)c3c(C)nn(-c4ccccc4)c3n2)cc1. The second-order valence-corrected chi connectivity index (χ2v) is 9.74. The normalized spacial score (nSPS) is 15.0. The van der Waals surface area contributed by atoms with E-state index in [9.17, 15) is 4.79 Å². The van der Waals surface area contributed by atoms with Gasteiger partial charge in [-0.05, 0) is 38.5 Å². The summed E-state index contributed by atoms with van der Waals surface area (Å²) in [5.74, 6) is 1.61. The number of anilines is 1. The zero-order valence-corrected chi connectivity index (χ0v) is 21.0. The lowest BCUT2D eigenvalue weighted by atomic mass is 10.1. The van der Waals surface area contributed by atoms with Crippen LogP contribution < -0.4 is 4.90 Å². The molecule has 0 bridgehead atoms. The zero-order valence-electron chi connectivity index (χ0n) is 20.3. The summed E-state index contributed by atoms with van der Waals surface area (Å²) in [7, 11) is 0. The van der Waals surface area contributed by atoms with Gasteiger partial charge >= 0.3 is 0 Å². The van der Waals surface area contributed by atoms with Crippen LogP contribution in [-0.4, -0.2) is 62.1 Å². The van der Waals surface area contributed by atoms with Gasteiger partial charge in [-0.3, -0.25) is 4.79 Å². The van der Waals surface area contributed by atoms with Crippen LogP contribution in [0.5, 0.6) is 0 Å². The van der Waals surface area contributed by atoms with Crippen molar-refractivity contribution < 1.29 is 4.79 Å². The number of rotatable bonds is 5. The summed E-state index contributed by atoms with van der Waals surface area (Å²) in [6.45, 7) is 8.40. The maximum absolute atomic E-state index is 12.4. The highest BCUT2D eigenvalue weighted by atomic mass is 35.5. The van der Waals surface area contributed by atoms with Crippen LogP contribution in [0.4, 0.5) is 5.82 Å². The molecule has 0 aliphatic carbocycles. The van der Waals surface area contributed by atoms with E-state index in [2.05, 4.69) is 36.1 Å². The minimum absolute atomic E-state index is 0.0210. The smallest absolute Gasteiger partial charge is 0.240 e. The summed E-state index contributed by atoms with van der Waals surface area (Å²) in [5, 5.41) is 5.28. The van der Waals surface area contributed by atoms with Crippen molar-refractivity contribution in [3.63, 3.8) is 0 Å². The summed E-state index contributed by atoms with van der Waals surface area (Å²) >= 11 is 6.05. The van der Waals surface area contributed by atoms with E-state index < -0.39 is 5.38 Å². The van der Waals surface area contributed by atoms with E-state index in [1.54, 1.807) is 6.92 Å². The molecule has 1 atom stereocenters. The number of para-hydroxylation sites is 1. The van der Waals surface area contributed by atoms with E-state index in [0.717, 1.165) is 39.6 Å². The number of fused-ring (bicyclic) bond motifs is 1. The molecule has 5 rings (SSSR count). The third-order valence-electron chi connectivity index (χ3n) is 6.44. The standard InChI is InChI=1S/C27H29ClN6O/c1-18-9-11-21(12-10-18)17-23-29-25(32-13-15-33(16-14-32)27(35)19(2)28)24-20(3)31-34(26(24)30-23)22-7-5-4-6-8-22/h4-12,19H,13-17H2,1-3H3. The molecule has 7 nitrogen and oxygen atoms in total. The number of aromatic nitrogens is 4. The molecule has 1 saturated heterocycles. The first-order valence-corrected chi connectivity index (χ1v) is 12.4. The number of carbonyl (C=O) groups excluding carboxylic acids is 1. The van der Waals surface area contributed by atoms with Crippen LogP contribution in [0.15, 0.2) is 54.6 Å². The Labute approximate surface area is 210 Å². The maximum Gasteiger partial charge on any atom is 0.240 e. The number of piperazine rings is 1. The van der Waals surface area contributed by atoms with Crippen molar-refractivity contribution in [2.24, 2.45) is 0 Å². The van der Waals surface area contributed by atoms with Crippen LogP contribution in [0.1, 0.15) is 29.6 Å². The van der Waals surface area contributed by atoms with Crippen LogP contribution in [0.2, 0.25) is 0 Å². The van der Waals surface area contributed by atoms with Gasteiger partial charge in [0.2, 0.25) is 5.91 Å². The van der Waals surface area contributed by atoms with Crippen LogP contribution in [-0.2, 0) is 11.2 Å². The van der Waals surface area contributed by atoms with Crippen molar-refractivity contribution in [1.82, 2.24) is 24.6 Å². The van der Waals surface area contributed by atoms with Crippen molar-refractivity contribution in [2.45, 2.75) is 32.6 Å². The molecular formula is C27H29ClN6O. The van der Waals surface area contributed by atoms with Gasteiger partial charge in [0.1, 0.15) is 17.0 Å². The highest BCUT2D eigenvalue weighted by Crippen LogP contribution is 2.30. The Kier molecular flexibility index (Phi) is 6.43. The number of alkyl halides is 1. The topological polar surface area (TPSA) is 67.2 Å². The number of hydrogen-bond acceptors (Lipinski definition) is 5. The molecule has 0 spiro atoms. The summed E-state index contributed by atoms with van der Waals surface area (Å²) in [6.07, 6.45) is 0.629. The van der Waals surface area contributed by atoms with Crippen LogP contribution in [0.25, 0.3) is 16.7 Å². The quantitative estimate of drug-likeness (QED) is 0.392. The Hall–Kier alpha value is -3.45. The largest absolute Gasteiger partial charge is 0.352 e. The number of nitrogens with zero attached hydrogens (tertiary/aromatic N) is 6. The third kappa shape index (κ3) is 4.73. The van der Waals surface area contributed by atoms with Crippen LogP contribution in [0, 0.1) is 13.8 Å². The number of hydrogen-bond donors (Lipinski definition) is 0. The molecule has 1 aliphatic heterocycles. The van der Waals surface area contributed by atoms with Crippen molar-refractivity contribution in [2.75, 3.05) is 31.1 Å². The molecule has 0 radical (unpaired) electrons. The number of benzene rings is 2. The van der Waals surface area contributed by atoms with Crippen LogP contribution in [0.3, 0.4) is 0 Å². The molecule has 8 heteroatoms. The van der Waals surface area contributed by atoms with Gasteiger partial charge in [0.25, 0.3) is 0 Å². The van der Waals surface area contributed by atoms with E-state index in [-0.39, 0.29) is 5.91 Å². The molecule has 1 aliphatic rings. The highest BCUT2D eigenvalue weighted by Gasteiger charge is 2.27. The Morgan fingerprint density at radius 2 is 1.66 bits per heavy atom. The monoisotopic (exact) mass is 488 g/mol. The summed E-state index contributed by atoms with van der Waals surface area (Å²) in [6, 6.07) is 18.5. The lowest BCUT2D eigenvalue weighted by Gasteiger charge is -2.36. The molecule has 35 heavy (non-hydrogen) atoms.